The Bertz CT molecular complexity index is 1080. The molecule has 10 heteroatoms. The second kappa shape index (κ2) is 8.28. The first-order valence-electron chi connectivity index (χ1n) is 8.91. The van der Waals surface area contributed by atoms with Crippen LogP contribution in [-0.4, -0.2) is 50.0 Å². The van der Waals surface area contributed by atoms with Crippen LogP contribution in [0.25, 0.3) is 11.2 Å². The Hall–Kier alpha value is -3.11. The highest BCUT2D eigenvalue weighted by atomic mass is 16.5. The molecule has 0 aliphatic carbocycles. The Morgan fingerprint density at radius 3 is 2.89 bits per heavy atom. The van der Waals surface area contributed by atoms with Crippen molar-refractivity contribution < 1.29 is 9.84 Å². The number of aliphatic hydroxyl groups is 1. The monoisotopic (exact) mass is 388 g/mol. The molecule has 0 fully saturated rings. The van der Waals surface area contributed by atoms with E-state index in [4.69, 9.17) is 10.5 Å². The van der Waals surface area contributed by atoms with Gasteiger partial charge in [0.25, 0.3) is 5.56 Å². The fourth-order valence-electron chi connectivity index (χ4n) is 2.89. The summed E-state index contributed by atoms with van der Waals surface area (Å²) in [7, 11) is 1.52. The smallest absolute Gasteiger partial charge is 0.329 e. The van der Waals surface area contributed by atoms with Gasteiger partial charge in [-0.15, -0.1) is 0 Å². The van der Waals surface area contributed by atoms with Crippen LogP contribution in [-0.2, 0) is 13.6 Å². The van der Waals surface area contributed by atoms with Crippen LogP contribution in [0.4, 0.5) is 5.95 Å². The van der Waals surface area contributed by atoms with Gasteiger partial charge in [0, 0.05) is 20.1 Å². The molecule has 1 atom stereocenters. The van der Waals surface area contributed by atoms with Crippen molar-refractivity contribution in [1.29, 1.82) is 0 Å². The Morgan fingerprint density at radius 1 is 1.39 bits per heavy atom. The van der Waals surface area contributed by atoms with Crippen molar-refractivity contribution in [2.45, 2.75) is 19.6 Å². The van der Waals surface area contributed by atoms with Gasteiger partial charge in [0.1, 0.15) is 18.5 Å². The molecule has 3 aromatic rings. The second-order valence-electron chi connectivity index (χ2n) is 6.53. The average Bonchev–Trinajstić information content (AvgIpc) is 3.02. The van der Waals surface area contributed by atoms with Gasteiger partial charge in [-0.2, -0.15) is 4.98 Å². The molecule has 0 aliphatic rings. The maximum absolute atomic E-state index is 12.4. The molecule has 150 valence electrons. The summed E-state index contributed by atoms with van der Waals surface area (Å²) in [5, 5.41) is 13.5. The van der Waals surface area contributed by atoms with E-state index in [9.17, 15) is 14.7 Å². The lowest BCUT2D eigenvalue weighted by Crippen LogP contribution is -2.31. The maximum Gasteiger partial charge on any atom is 0.329 e. The first-order chi connectivity index (χ1) is 13.4. The number of hydrogen-bond donors (Lipinski definition) is 4. The van der Waals surface area contributed by atoms with E-state index in [-0.39, 0.29) is 24.3 Å². The fraction of sp³-hybridized carbons (Fsp3) is 0.389. The molecule has 28 heavy (non-hydrogen) atoms. The lowest BCUT2D eigenvalue weighted by Gasteiger charge is -2.16. The summed E-state index contributed by atoms with van der Waals surface area (Å²) in [6.45, 7) is 2.81. The molecular weight excluding hydrogens is 364 g/mol. The molecule has 0 bridgehead atoms. The number of nitrogens with one attached hydrogen (secondary N) is 2. The van der Waals surface area contributed by atoms with E-state index in [2.05, 4.69) is 15.3 Å². The highest BCUT2D eigenvalue weighted by Crippen LogP contribution is 2.17. The number of nitrogens with zero attached hydrogens (tertiary/aromatic N) is 3. The summed E-state index contributed by atoms with van der Waals surface area (Å²) >= 11 is 0. The number of aromatic amines is 1. The van der Waals surface area contributed by atoms with E-state index in [1.54, 1.807) is 6.07 Å². The van der Waals surface area contributed by atoms with Crippen molar-refractivity contribution in [2.75, 3.05) is 25.0 Å². The minimum Gasteiger partial charge on any atom is -0.491 e. The van der Waals surface area contributed by atoms with Gasteiger partial charge in [0.05, 0.1) is 6.54 Å². The normalized spacial score (nSPS) is 12.3. The van der Waals surface area contributed by atoms with Gasteiger partial charge >= 0.3 is 5.69 Å². The quantitative estimate of drug-likeness (QED) is 0.409. The highest BCUT2D eigenvalue weighted by Gasteiger charge is 2.19. The van der Waals surface area contributed by atoms with Gasteiger partial charge in [-0.1, -0.05) is 12.1 Å². The molecule has 0 spiro atoms. The summed E-state index contributed by atoms with van der Waals surface area (Å²) in [6, 6.07) is 7.50. The number of H-pyrrole nitrogens is 1. The van der Waals surface area contributed by atoms with Crippen LogP contribution in [0.3, 0.4) is 0 Å². The standard InChI is InChI=1S/C18H24N6O4/c1-11-4-3-5-13(8-11)28-10-12(25)9-24-14-15(21-17(24)20-7-6-19)23(2)18(27)22-16(14)26/h3-5,8,12,25H,6-7,9-10,19H2,1-2H3,(H,20,21)(H,22,26,27)/t12-/m1/s1. The molecule has 1 aromatic carbocycles. The van der Waals surface area contributed by atoms with Crippen molar-refractivity contribution in [2.24, 2.45) is 12.8 Å². The molecule has 0 radical (unpaired) electrons. The number of nitrogens with two attached hydrogens (primary N) is 1. The number of imidazole rings is 1. The molecule has 0 saturated carbocycles. The van der Waals surface area contributed by atoms with Crippen molar-refractivity contribution in [3.8, 4) is 5.75 Å². The average molecular weight is 388 g/mol. The number of aromatic nitrogens is 4. The van der Waals surface area contributed by atoms with Crippen LogP contribution in [0.5, 0.6) is 5.75 Å². The van der Waals surface area contributed by atoms with E-state index in [0.717, 1.165) is 5.56 Å². The summed E-state index contributed by atoms with van der Waals surface area (Å²) in [5.41, 5.74) is 5.87. The van der Waals surface area contributed by atoms with Crippen LogP contribution >= 0.6 is 0 Å². The Balaban J connectivity index is 1.88. The number of aryl methyl sites for hydroxylation is 2. The molecule has 2 aromatic heterocycles. The minimum absolute atomic E-state index is 0.0309. The van der Waals surface area contributed by atoms with Crippen LogP contribution in [0.1, 0.15) is 5.56 Å². The third-order valence-electron chi connectivity index (χ3n) is 4.26. The van der Waals surface area contributed by atoms with Gasteiger partial charge in [-0.3, -0.25) is 14.3 Å². The van der Waals surface area contributed by atoms with Crippen LogP contribution < -0.4 is 27.0 Å². The van der Waals surface area contributed by atoms with Crippen molar-refractivity contribution in [1.82, 2.24) is 19.1 Å². The number of ether oxygens (including phenoxy) is 1. The zero-order chi connectivity index (χ0) is 20.3. The summed E-state index contributed by atoms with van der Waals surface area (Å²) < 4.78 is 8.42. The van der Waals surface area contributed by atoms with Gasteiger partial charge in [0.2, 0.25) is 5.95 Å². The minimum atomic E-state index is -0.909. The van der Waals surface area contributed by atoms with Crippen LogP contribution in [0.2, 0.25) is 0 Å². The molecule has 0 saturated heterocycles. The molecule has 5 N–H and O–H groups in total. The first kappa shape index (κ1) is 19.6. The summed E-state index contributed by atoms with van der Waals surface area (Å²) in [6.07, 6.45) is -0.909. The van der Waals surface area contributed by atoms with Crippen molar-refractivity contribution in [3.63, 3.8) is 0 Å². The summed E-state index contributed by atoms with van der Waals surface area (Å²) in [5.74, 6) is 0.998. The Kier molecular flexibility index (Phi) is 5.81. The predicted octanol–water partition coefficient (Wildman–Crippen LogP) is -0.458. The van der Waals surface area contributed by atoms with Crippen LogP contribution in [0.15, 0.2) is 33.9 Å². The number of aliphatic hydroxyl groups excluding tert-OH is 1. The van der Waals surface area contributed by atoms with Gasteiger partial charge < -0.3 is 25.5 Å². The van der Waals surface area contributed by atoms with E-state index in [0.29, 0.717) is 24.8 Å². The number of rotatable bonds is 8. The molecule has 2 heterocycles. The van der Waals surface area contributed by atoms with Gasteiger partial charge in [0.15, 0.2) is 11.2 Å². The highest BCUT2D eigenvalue weighted by molar-refractivity contribution is 5.74. The van der Waals surface area contributed by atoms with Crippen LogP contribution in [0, 0.1) is 6.92 Å². The van der Waals surface area contributed by atoms with Gasteiger partial charge in [-0.05, 0) is 24.6 Å². The third kappa shape index (κ3) is 4.07. The zero-order valence-electron chi connectivity index (χ0n) is 15.8. The number of anilines is 1. The first-order valence-corrected chi connectivity index (χ1v) is 8.91. The number of benzene rings is 1. The van der Waals surface area contributed by atoms with Crippen molar-refractivity contribution in [3.05, 3.63) is 50.7 Å². The lowest BCUT2D eigenvalue weighted by molar-refractivity contribution is 0.0938. The molecule has 0 amide bonds. The third-order valence-corrected chi connectivity index (χ3v) is 4.26. The summed E-state index contributed by atoms with van der Waals surface area (Å²) in [4.78, 5) is 30.8. The predicted molar refractivity (Wildman–Crippen MR) is 106 cm³/mol. The lowest BCUT2D eigenvalue weighted by atomic mass is 10.2. The SMILES string of the molecule is Cc1cccc(OC[C@H](O)Cn2c(NCCN)nc3c2c(=O)[nH]c(=O)n3C)c1. The molecule has 10 nitrogen and oxygen atoms in total. The Labute approximate surface area is 160 Å². The van der Waals surface area contributed by atoms with Crippen molar-refractivity contribution >= 4 is 17.1 Å². The largest absolute Gasteiger partial charge is 0.491 e. The van der Waals surface area contributed by atoms with E-state index < -0.39 is 17.4 Å². The van der Waals surface area contributed by atoms with E-state index in [1.807, 2.05) is 25.1 Å². The van der Waals surface area contributed by atoms with Gasteiger partial charge in [-0.25, -0.2) is 4.79 Å². The molecular formula is C18H24N6O4. The van der Waals surface area contributed by atoms with E-state index in [1.165, 1.54) is 16.2 Å². The molecule has 0 unspecified atom stereocenters. The van der Waals surface area contributed by atoms with E-state index >= 15 is 0 Å². The maximum atomic E-state index is 12.4. The topological polar surface area (TPSA) is 140 Å². The number of fused-ring (bicyclic) bond motifs is 1. The number of hydrogen-bond acceptors (Lipinski definition) is 7. The molecule has 0 aliphatic heterocycles. The Morgan fingerprint density at radius 2 is 2.18 bits per heavy atom. The fourth-order valence-corrected chi connectivity index (χ4v) is 2.89. The zero-order valence-corrected chi connectivity index (χ0v) is 15.8. The second-order valence-corrected chi connectivity index (χ2v) is 6.53. The molecule has 3 rings (SSSR count).